The van der Waals surface area contributed by atoms with Gasteiger partial charge in [-0.2, -0.15) is 18.3 Å². The zero-order chi connectivity index (χ0) is 23.7. The van der Waals surface area contributed by atoms with Crippen molar-refractivity contribution in [3.05, 3.63) is 52.3 Å². The van der Waals surface area contributed by atoms with Gasteiger partial charge in [-0.25, -0.2) is 0 Å². The maximum atomic E-state index is 12.7. The summed E-state index contributed by atoms with van der Waals surface area (Å²) >= 11 is 0. The number of nitrogens with one attached hydrogen (secondary N) is 1. The van der Waals surface area contributed by atoms with Crippen LogP contribution < -0.4 is 5.32 Å². The lowest BCUT2D eigenvalue weighted by molar-refractivity contribution is -0.138. The van der Waals surface area contributed by atoms with Gasteiger partial charge in [-0.15, -0.1) is 0 Å². The standard InChI is InChI=1S/C22H25F3N4O3/c1-13-5-6-15(9-16(13)19(30)7-8-20(31)26-12-22(23,24)25)18-10-21(3,32-28-18)17-11-29(4)27-14(17)2/h5-6,9,11H,7-8,10,12H2,1-4H3,(H,26,31). The number of oxime groups is 1. The smallest absolute Gasteiger partial charge is 0.384 e. The van der Waals surface area contributed by atoms with E-state index in [9.17, 15) is 22.8 Å². The molecule has 0 saturated carbocycles. The van der Waals surface area contributed by atoms with Crippen LogP contribution in [0, 0.1) is 13.8 Å². The predicted octanol–water partition coefficient (Wildman–Crippen LogP) is 3.72. The highest BCUT2D eigenvalue weighted by Crippen LogP contribution is 2.37. The van der Waals surface area contributed by atoms with E-state index >= 15 is 0 Å². The number of rotatable bonds is 7. The summed E-state index contributed by atoms with van der Waals surface area (Å²) < 4.78 is 38.3. The van der Waals surface area contributed by atoms with Crippen molar-refractivity contribution in [2.75, 3.05) is 6.54 Å². The molecule has 1 aliphatic rings. The van der Waals surface area contributed by atoms with Crippen LogP contribution in [0.4, 0.5) is 13.2 Å². The molecule has 1 unspecified atom stereocenters. The van der Waals surface area contributed by atoms with E-state index < -0.39 is 24.2 Å². The molecule has 0 radical (unpaired) electrons. The topological polar surface area (TPSA) is 85.6 Å². The number of benzene rings is 1. The van der Waals surface area contributed by atoms with Crippen LogP contribution >= 0.6 is 0 Å². The SMILES string of the molecule is Cc1ccc(C2=NOC(C)(c3cn(C)nc3C)C2)cc1C(=O)CCC(=O)NCC(F)(F)F. The molecule has 7 nitrogen and oxygen atoms in total. The van der Waals surface area contributed by atoms with Gasteiger partial charge in [-0.1, -0.05) is 17.3 Å². The number of hydrogen-bond donors (Lipinski definition) is 1. The molecule has 32 heavy (non-hydrogen) atoms. The number of ketones is 1. The first-order valence-corrected chi connectivity index (χ1v) is 10.1. The number of aryl methyl sites for hydroxylation is 3. The van der Waals surface area contributed by atoms with Crippen LogP contribution in [0.2, 0.25) is 0 Å². The summed E-state index contributed by atoms with van der Waals surface area (Å²) in [7, 11) is 1.83. The lowest BCUT2D eigenvalue weighted by atomic mass is 9.88. The van der Waals surface area contributed by atoms with E-state index in [4.69, 9.17) is 4.84 Å². The lowest BCUT2D eigenvalue weighted by Gasteiger charge is -2.20. The van der Waals surface area contributed by atoms with Gasteiger partial charge in [0.25, 0.3) is 0 Å². The molecule has 2 heterocycles. The summed E-state index contributed by atoms with van der Waals surface area (Å²) in [4.78, 5) is 30.0. The molecule has 0 fully saturated rings. The molecule has 1 aromatic carbocycles. The number of amides is 1. The van der Waals surface area contributed by atoms with Crippen LogP contribution in [0.5, 0.6) is 0 Å². The van der Waals surface area contributed by atoms with Gasteiger partial charge in [-0.3, -0.25) is 14.3 Å². The van der Waals surface area contributed by atoms with E-state index in [0.717, 1.165) is 11.3 Å². The molecule has 2 aromatic rings. The van der Waals surface area contributed by atoms with Crippen molar-refractivity contribution in [1.82, 2.24) is 15.1 Å². The molecule has 0 spiro atoms. The number of aromatic nitrogens is 2. The fourth-order valence-electron chi connectivity index (χ4n) is 3.71. The molecule has 1 amide bonds. The number of hydrogen-bond acceptors (Lipinski definition) is 5. The van der Waals surface area contributed by atoms with Crippen LogP contribution in [0.3, 0.4) is 0 Å². The second-order valence-corrected chi connectivity index (χ2v) is 8.18. The second-order valence-electron chi connectivity index (χ2n) is 8.18. The molecule has 0 aliphatic carbocycles. The van der Waals surface area contributed by atoms with Crippen LogP contribution in [-0.2, 0) is 22.3 Å². The molecule has 0 bridgehead atoms. The number of alkyl halides is 3. The summed E-state index contributed by atoms with van der Waals surface area (Å²) in [6.07, 6.45) is -2.63. The average molecular weight is 450 g/mol. The van der Waals surface area contributed by atoms with Crippen molar-refractivity contribution < 1.29 is 27.6 Å². The predicted molar refractivity (Wildman–Crippen MR) is 111 cm³/mol. The van der Waals surface area contributed by atoms with Gasteiger partial charge in [-0.05, 0) is 32.4 Å². The highest BCUT2D eigenvalue weighted by atomic mass is 19.4. The third-order valence-electron chi connectivity index (χ3n) is 5.38. The molecule has 1 aliphatic heterocycles. The minimum absolute atomic E-state index is 0.191. The fourth-order valence-corrected chi connectivity index (χ4v) is 3.71. The highest BCUT2D eigenvalue weighted by Gasteiger charge is 2.39. The summed E-state index contributed by atoms with van der Waals surface area (Å²) in [5.74, 6) is -1.14. The number of carbonyl (C=O) groups excluding carboxylic acids is 2. The Morgan fingerprint density at radius 2 is 1.97 bits per heavy atom. The summed E-state index contributed by atoms with van der Waals surface area (Å²) in [5, 5.41) is 10.4. The number of carbonyl (C=O) groups is 2. The van der Waals surface area contributed by atoms with Gasteiger partial charge in [0.2, 0.25) is 5.91 Å². The van der Waals surface area contributed by atoms with Gasteiger partial charge in [0.15, 0.2) is 11.4 Å². The zero-order valence-corrected chi connectivity index (χ0v) is 18.3. The molecule has 3 rings (SSSR count). The minimum atomic E-state index is -4.49. The fraction of sp³-hybridized carbons (Fsp3) is 0.455. The molecule has 0 saturated heterocycles. The van der Waals surface area contributed by atoms with Crippen molar-refractivity contribution in [3.8, 4) is 0 Å². The Kier molecular flexibility index (Phi) is 6.43. The van der Waals surface area contributed by atoms with Crippen molar-refractivity contribution in [2.24, 2.45) is 12.2 Å². The first kappa shape index (κ1) is 23.5. The molecular weight excluding hydrogens is 425 g/mol. The first-order chi connectivity index (χ1) is 14.9. The summed E-state index contributed by atoms with van der Waals surface area (Å²) in [6, 6.07) is 5.31. The van der Waals surface area contributed by atoms with E-state index in [-0.39, 0.29) is 18.6 Å². The number of nitrogens with zero attached hydrogens (tertiary/aromatic N) is 3. The molecule has 172 valence electrons. The van der Waals surface area contributed by atoms with Gasteiger partial charge in [0.1, 0.15) is 6.54 Å². The molecule has 1 aromatic heterocycles. The van der Waals surface area contributed by atoms with E-state index in [1.54, 1.807) is 29.1 Å². The van der Waals surface area contributed by atoms with Gasteiger partial charge in [0, 0.05) is 49.2 Å². The van der Waals surface area contributed by atoms with Crippen molar-refractivity contribution in [1.29, 1.82) is 0 Å². The molecular formula is C22H25F3N4O3. The third-order valence-corrected chi connectivity index (χ3v) is 5.38. The first-order valence-electron chi connectivity index (χ1n) is 10.1. The van der Waals surface area contributed by atoms with E-state index in [0.29, 0.717) is 28.8 Å². The van der Waals surface area contributed by atoms with Crippen molar-refractivity contribution in [2.45, 2.75) is 51.8 Å². The zero-order valence-electron chi connectivity index (χ0n) is 18.3. The van der Waals surface area contributed by atoms with Crippen LogP contribution in [0.1, 0.15) is 58.9 Å². The Morgan fingerprint density at radius 1 is 1.25 bits per heavy atom. The average Bonchev–Trinajstić information content (AvgIpc) is 3.27. The van der Waals surface area contributed by atoms with Gasteiger partial charge in [0.05, 0.1) is 11.4 Å². The molecule has 1 N–H and O–H groups in total. The normalized spacial score (nSPS) is 18.3. The van der Waals surface area contributed by atoms with Gasteiger partial charge < -0.3 is 10.2 Å². The second kappa shape index (κ2) is 8.76. The summed E-state index contributed by atoms with van der Waals surface area (Å²) in [6.45, 7) is 4.17. The maximum Gasteiger partial charge on any atom is 0.405 e. The Bertz CT molecular complexity index is 1070. The highest BCUT2D eigenvalue weighted by molar-refractivity contribution is 6.05. The lowest BCUT2D eigenvalue weighted by Crippen LogP contribution is -2.33. The Morgan fingerprint density at radius 3 is 2.59 bits per heavy atom. The van der Waals surface area contributed by atoms with Gasteiger partial charge >= 0.3 is 6.18 Å². The summed E-state index contributed by atoms with van der Waals surface area (Å²) in [5.41, 5.74) is 3.58. The molecule has 10 heteroatoms. The van der Waals surface area contributed by atoms with E-state index in [1.165, 1.54) is 0 Å². The Labute approximate surface area is 183 Å². The van der Waals surface area contributed by atoms with Crippen molar-refractivity contribution in [3.63, 3.8) is 0 Å². The van der Waals surface area contributed by atoms with E-state index in [1.807, 2.05) is 33.2 Å². The van der Waals surface area contributed by atoms with Crippen molar-refractivity contribution >= 4 is 17.4 Å². The third kappa shape index (κ3) is 5.35. The Hall–Kier alpha value is -3.17. The van der Waals surface area contributed by atoms with Crippen LogP contribution in [-0.4, -0.2) is 39.9 Å². The van der Waals surface area contributed by atoms with Crippen LogP contribution in [0.25, 0.3) is 0 Å². The molecule has 1 atom stereocenters. The Balaban J connectivity index is 1.69. The largest absolute Gasteiger partial charge is 0.405 e. The quantitative estimate of drug-likeness (QED) is 0.652. The van der Waals surface area contributed by atoms with E-state index in [2.05, 4.69) is 10.3 Å². The maximum absolute atomic E-state index is 12.7. The minimum Gasteiger partial charge on any atom is -0.384 e. The van der Waals surface area contributed by atoms with Crippen LogP contribution in [0.15, 0.2) is 29.6 Å². The number of halogens is 3. The monoisotopic (exact) mass is 450 g/mol. The number of Topliss-reactive ketones (excluding diaryl/α,β-unsaturated/α-hetero) is 1.